The maximum atomic E-state index is 11.6. The van der Waals surface area contributed by atoms with Crippen LogP contribution in [0, 0.1) is 0 Å². The lowest BCUT2D eigenvalue weighted by atomic mass is 10.1. The first-order chi connectivity index (χ1) is 8.84. The molecule has 0 radical (unpaired) electrons. The van der Waals surface area contributed by atoms with Crippen LogP contribution in [0.3, 0.4) is 0 Å². The van der Waals surface area contributed by atoms with Crippen molar-refractivity contribution in [3.05, 3.63) is 0 Å². The first-order valence-corrected chi connectivity index (χ1v) is 8.43. The van der Waals surface area contributed by atoms with Crippen molar-refractivity contribution in [2.45, 2.75) is 32.4 Å². The molecule has 19 heavy (non-hydrogen) atoms. The van der Waals surface area contributed by atoms with Crippen LogP contribution < -0.4 is 5.32 Å². The van der Waals surface area contributed by atoms with Crippen molar-refractivity contribution in [1.82, 2.24) is 10.2 Å². The summed E-state index contributed by atoms with van der Waals surface area (Å²) in [6.07, 6.45) is 0.630. The number of carbonyl (C=O) groups is 1. The topological polar surface area (TPSA) is 75.7 Å². The highest BCUT2D eigenvalue weighted by molar-refractivity contribution is 7.91. The van der Waals surface area contributed by atoms with Gasteiger partial charge in [0.1, 0.15) is 6.04 Å². The number of ether oxygens (including phenoxy) is 1. The molecule has 1 aliphatic heterocycles. The Labute approximate surface area is 115 Å². The molecule has 0 aromatic heterocycles. The molecule has 7 heteroatoms. The number of carbonyl (C=O) groups excluding carboxylic acids is 1. The summed E-state index contributed by atoms with van der Waals surface area (Å²) in [5.41, 5.74) is 0. The number of nitrogens with one attached hydrogen (secondary N) is 1. The van der Waals surface area contributed by atoms with Gasteiger partial charge in [0.05, 0.1) is 18.6 Å². The Morgan fingerprint density at radius 3 is 2.37 bits per heavy atom. The average molecular weight is 292 g/mol. The van der Waals surface area contributed by atoms with Crippen LogP contribution in [-0.2, 0) is 19.4 Å². The fourth-order valence-electron chi connectivity index (χ4n) is 2.10. The second kappa shape index (κ2) is 7.21. The molecule has 1 rings (SSSR count). The summed E-state index contributed by atoms with van der Waals surface area (Å²) in [6.45, 7) is 5.76. The second-order valence-electron chi connectivity index (χ2n) is 5.18. The van der Waals surface area contributed by atoms with E-state index in [9.17, 15) is 13.2 Å². The highest BCUT2D eigenvalue weighted by atomic mass is 32.2. The summed E-state index contributed by atoms with van der Waals surface area (Å²) in [5.74, 6) is 0.166. The summed E-state index contributed by atoms with van der Waals surface area (Å²) in [7, 11) is -1.46. The molecule has 1 aliphatic rings. The summed E-state index contributed by atoms with van der Waals surface area (Å²) in [5, 5.41) is 3.17. The molecule has 1 fully saturated rings. The first kappa shape index (κ1) is 16.4. The van der Waals surface area contributed by atoms with Gasteiger partial charge >= 0.3 is 5.97 Å². The van der Waals surface area contributed by atoms with Crippen molar-refractivity contribution in [2.75, 3.05) is 38.2 Å². The van der Waals surface area contributed by atoms with E-state index >= 15 is 0 Å². The standard InChI is InChI=1S/C12H24N2O4S/c1-10(2)13-11(12(15)18-3)4-5-14-6-8-19(16,17)9-7-14/h10-11,13H,4-9H2,1-3H3. The Morgan fingerprint density at radius 1 is 1.32 bits per heavy atom. The van der Waals surface area contributed by atoms with Gasteiger partial charge in [-0.3, -0.25) is 4.79 Å². The molecule has 0 amide bonds. The van der Waals surface area contributed by atoms with Crippen LogP contribution in [-0.4, -0.2) is 69.6 Å². The number of sulfone groups is 1. The van der Waals surface area contributed by atoms with Gasteiger partial charge < -0.3 is 15.0 Å². The number of hydrogen-bond acceptors (Lipinski definition) is 6. The van der Waals surface area contributed by atoms with E-state index in [2.05, 4.69) is 10.2 Å². The largest absolute Gasteiger partial charge is 0.468 e. The lowest BCUT2D eigenvalue weighted by Gasteiger charge is -2.28. The van der Waals surface area contributed by atoms with Gasteiger partial charge in [0.25, 0.3) is 0 Å². The Balaban J connectivity index is 2.41. The normalized spacial score (nSPS) is 21.3. The van der Waals surface area contributed by atoms with E-state index in [-0.39, 0.29) is 29.6 Å². The zero-order valence-electron chi connectivity index (χ0n) is 11.9. The van der Waals surface area contributed by atoms with Crippen molar-refractivity contribution in [3.63, 3.8) is 0 Å². The number of rotatable bonds is 6. The first-order valence-electron chi connectivity index (χ1n) is 6.60. The minimum atomic E-state index is -2.84. The molecule has 1 atom stereocenters. The highest BCUT2D eigenvalue weighted by Crippen LogP contribution is 2.06. The fraction of sp³-hybridized carbons (Fsp3) is 0.917. The molecule has 6 nitrogen and oxygen atoms in total. The van der Waals surface area contributed by atoms with Crippen LogP contribution in [0.25, 0.3) is 0 Å². The molecule has 0 aromatic rings. The van der Waals surface area contributed by atoms with Gasteiger partial charge in [0.2, 0.25) is 0 Å². The summed E-state index contributed by atoms with van der Waals surface area (Å²) in [6, 6.07) is -0.130. The summed E-state index contributed by atoms with van der Waals surface area (Å²) in [4.78, 5) is 13.7. The third-order valence-corrected chi connectivity index (χ3v) is 4.80. The maximum absolute atomic E-state index is 11.6. The van der Waals surface area contributed by atoms with Crippen LogP contribution in [0.15, 0.2) is 0 Å². The minimum Gasteiger partial charge on any atom is -0.468 e. The second-order valence-corrected chi connectivity index (χ2v) is 7.48. The molecule has 0 saturated carbocycles. The van der Waals surface area contributed by atoms with Gasteiger partial charge in [0.15, 0.2) is 9.84 Å². The van der Waals surface area contributed by atoms with Crippen LogP contribution in [0.5, 0.6) is 0 Å². The predicted molar refractivity (Wildman–Crippen MR) is 73.8 cm³/mol. The van der Waals surface area contributed by atoms with E-state index in [1.165, 1.54) is 7.11 Å². The Kier molecular flexibility index (Phi) is 6.22. The highest BCUT2D eigenvalue weighted by Gasteiger charge is 2.24. The molecular weight excluding hydrogens is 268 g/mol. The van der Waals surface area contributed by atoms with Crippen molar-refractivity contribution in [3.8, 4) is 0 Å². The minimum absolute atomic E-state index is 0.200. The smallest absolute Gasteiger partial charge is 0.322 e. The van der Waals surface area contributed by atoms with Crippen molar-refractivity contribution in [2.24, 2.45) is 0 Å². The quantitative estimate of drug-likeness (QED) is 0.674. The Morgan fingerprint density at radius 2 is 1.89 bits per heavy atom. The molecule has 0 bridgehead atoms. The zero-order chi connectivity index (χ0) is 14.5. The molecule has 1 N–H and O–H groups in total. The maximum Gasteiger partial charge on any atom is 0.322 e. The number of nitrogens with zero attached hydrogens (tertiary/aromatic N) is 1. The summed E-state index contributed by atoms with van der Waals surface area (Å²) >= 11 is 0. The zero-order valence-corrected chi connectivity index (χ0v) is 12.7. The monoisotopic (exact) mass is 292 g/mol. The average Bonchev–Trinajstić information content (AvgIpc) is 2.34. The van der Waals surface area contributed by atoms with Gasteiger partial charge in [-0.05, 0) is 6.42 Å². The molecule has 112 valence electrons. The number of esters is 1. The van der Waals surface area contributed by atoms with Crippen LogP contribution in [0.4, 0.5) is 0 Å². The van der Waals surface area contributed by atoms with E-state index in [0.717, 1.165) is 0 Å². The van der Waals surface area contributed by atoms with Crippen molar-refractivity contribution < 1.29 is 17.9 Å². The molecule has 1 unspecified atom stereocenters. The lowest BCUT2D eigenvalue weighted by Crippen LogP contribution is -2.46. The molecule has 1 saturated heterocycles. The molecule has 0 spiro atoms. The van der Waals surface area contributed by atoms with Gasteiger partial charge in [-0.15, -0.1) is 0 Å². The third-order valence-electron chi connectivity index (χ3n) is 3.19. The Bertz CT molecular complexity index is 381. The molecule has 0 aliphatic carbocycles. The summed E-state index contributed by atoms with van der Waals surface area (Å²) < 4.78 is 27.4. The third kappa shape index (κ3) is 5.88. The van der Waals surface area contributed by atoms with E-state index in [1.807, 2.05) is 13.8 Å². The van der Waals surface area contributed by atoms with Crippen LogP contribution >= 0.6 is 0 Å². The van der Waals surface area contributed by atoms with Crippen molar-refractivity contribution in [1.29, 1.82) is 0 Å². The van der Waals surface area contributed by atoms with Gasteiger partial charge in [-0.2, -0.15) is 0 Å². The SMILES string of the molecule is COC(=O)C(CCN1CCS(=O)(=O)CC1)NC(C)C. The predicted octanol–water partition coefficient (Wildman–Crippen LogP) is -0.353. The van der Waals surface area contributed by atoms with Gasteiger partial charge in [0, 0.05) is 25.7 Å². The molecular formula is C12H24N2O4S. The van der Waals surface area contributed by atoms with E-state index in [0.29, 0.717) is 26.1 Å². The fourth-order valence-corrected chi connectivity index (χ4v) is 3.38. The van der Waals surface area contributed by atoms with Crippen LogP contribution in [0.1, 0.15) is 20.3 Å². The lowest BCUT2D eigenvalue weighted by molar-refractivity contribution is -0.143. The van der Waals surface area contributed by atoms with E-state index in [4.69, 9.17) is 4.74 Å². The van der Waals surface area contributed by atoms with E-state index in [1.54, 1.807) is 0 Å². The van der Waals surface area contributed by atoms with Crippen molar-refractivity contribution >= 4 is 15.8 Å². The molecule has 0 aromatic carbocycles. The molecule has 1 heterocycles. The van der Waals surface area contributed by atoms with Gasteiger partial charge in [-0.25, -0.2) is 8.42 Å². The van der Waals surface area contributed by atoms with E-state index < -0.39 is 9.84 Å². The Hall–Kier alpha value is -0.660. The van der Waals surface area contributed by atoms with Crippen LogP contribution in [0.2, 0.25) is 0 Å². The van der Waals surface area contributed by atoms with Gasteiger partial charge in [-0.1, -0.05) is 13.8 Å². The number of hydrogen-bond donors (Lipinski definition) is 1. The number of methoxy groups -OCH3 is 1.